The molecule has 0 aliphatic carbocycles. The molecule has 0 unspecified atom stereocenters. The lowest BCUT2D eigenvalue weighted by Gasteiger charge is -2.29. The summed E-state index contributed by atoms with van der Waals surface area (Å²) in [6, 6.07) is 0. The molecule has 0 spiro atoms. The van der Waals surface area contributed by atoms with E-state index < -0.39 is 22.1 Å². The summed E-state index contributed by atoms with van der Waals surface area (Å²) >= 11 is 0. The van der Waals surface area contributed by atoms with Crippen molar-refractivity contribution in [2.45, 2.75) is 20.3 Å². The molecule has 1 N–H and O–H groups in total. The first-order valence-electron chi connectivity index (χ1n) is 7.14. The summed E-state index contributed by atoms with van der Waals surface area (Å²) in [4.78, 5) is 20.6. The largest absolute Gasteiger partial charge is 0.545 e. The van der Waals surface area contributed by atoms with Crippen molar-refractivity contribution in [2.24, 2.45) is 0 Å². The van der Waals surface area contributed by atoms with Gasteiger partial charge in [0.25, 0.3) is 10.1 Å². The number of carbonyl (C=O) groups is 2. The van der Waals surface area contributed by atoms with Gasteiger partial charge in [0.05, 0.1) is 32.4 Å². The van der Waals surface area contributed by atoms with Gasteiger partial charge in [0.1, 0.15) is 13.2 Å². The van der Waals surface area contributed by atoms with Crippen LogP contribution in [0.2, 0.25) is 0 Å². The van der Waals surface area contributed by atoms with E-state index in [-0.39, 0.29) is 17.9 Å². The monoisotopic (exact) mass is 365 g/mol. The zero-order chi connectivity index (χ0) is 19.6. The standard InChI is InChI=1S/C11H21NO5S.C4H6O2/c1-10(2)11(13)17-8-7-12(3,4)6-5-9-18(14,15)16;1-3(2)4(5)6/h1,5-9H2,2-4H3;1H2,2H3,(H,5,6). The summed E-state index contributed by atoms with van der Waals surface area (Å²) in [6.07, 6.45) is 0.361. The summed E-state index contributed by atoms with van der Waals surface area (Å²) in [7, 11) is -0.0959. The van der Waals surface area contributed by atoms with Crippen LogP contribution in [0.3, 0.4) is 0 Å². The van der Waals surface area contributed by atoms with Crippen molar-refractivity contribution >= 4 is 22.1 Å². The Balaban J connectivity index is 0. The number of hydrogen-bond acceptors (Lipinski definition) is 6. The smallest absolute Gasteiger partial charge is 0.333 e. The van der Waals surface area contributed by atoms with Crippen LogP contribution < -0.4 is 5.11 Å². The number of ether oxygens (including phenoxy) is 1. The Morgan fingerprint density at radius 1 is 1.12 bits per heavy atom. The van der Waals surface area contributed by atoms with Gasteiger partial charge in [-0.2, -0.15) is 8.42 Å². The summed E-state index contributed by atoms with van der Waals surface area (Å²) in [5.41, 5.74) is 0.418. The Morgan fingerprint density at radius 3 is 1.92 bits per heavy atom. The van der Waals surface area contributed by atoms with Gasteiger partial charge >= 0.3 is 5.97 Å². The van der Waals surface area contributed by atoms with Crippen LogP contribution in [-0.2, 0) is 24.4 Å². The highest BCUT2D eigenvalue weighted by Gasteiger charge is 2.17. The van der Waals surface area contributed by atoms with Gasteiger partial charge in [-0.25, -0.2) is 4.79 Å². The molecular weight excluding hydrogens is 338 g/mol. The highest BCUT2D eigenvalue weighted by atomic mass is 32.2. The molecule has 0 aromatic heterocycles. The lowest BCUT2D eigenvalue weighted by Crippen LogP contribution is -2.43. The van der Waals surface area contributed by atoms with E-state index in [1.807, 2.05) is 14.1 Å². The van der Waals surface area contributed by atoms with Crippen LogP contribution in [0, 0.1) is 0 Å². The van der Waals surface area contributed by atoms with Crippen LogP contribution in [0.1, 0.15) is 20.3 Å². The molecule has 0 fully saturated rings. The fourth-order valence-corrected chi connectivity index (χ4v) is 1.79. The van der Waals surface area contributed by atoms with Crippen LogP contribution in [0.15, 0.2) is 24.3 Å². The van der Waals surface area contributed by atoms with Crippen LogP contribution in [0.5, 0.6) is 0 Å². The normalized spacial score (nSPS) is 11.0. The minimum atomic E-state index is -3.90. The van der Waals surface area contributed by atoms with Gasteiger partial charge in [-0.05, 0) is 19.4 Å². The van der Waals surface area contributed by atoms with Crippen LogP contribution in [0.25, 0.3) is 0 Å². The van der Waals surface area contributed by atoms with Crippen molar-refractivity contribution < 1.29 is 36.9 Å². The van der Waals surface area contributed by atoms with Crippen LogP contribution >= 0.6 is 0 Å². The Hall–Kier alpha value is -1.71. The van der Waals surface area contributed by atoms with Gasteiger partial charge in [0.15, 0.2) is 0 Å². The lowest BCUT2D eigenvalue weighted by atomic mass is 10.3. The number of aliphatic carboxylic acids is 1. The Labute approximate surface area is 143 Å². The number of likely N-dealkylation sites (N-methyl/N-ethyl adjacent to an activating group) is 1. The Kier molecular flexibility index (Phi) is 11.2. The fourth-order valence-electron chi connectivity index (χ4n) is 1.30. The second-order valence-corrected chi connectivity index (χ2v) is 7.58. The van der Waals surface area contributed by atoms with Crippen molar-refractivity contribution in [3.8, 4) is 0 Å². The van der Waals surface area contributed by atoms with Crippen molar-refractivity contribution in [3.63, 3.8) is 0 Å². The first-order chi connectivity index (χ1) is 10.7. The van der Waals surface area contributed by atoms with E-state index in [1.54, 1.807) is 6.92 Å². The summed E-state index contributed by atoms with van der Waals surface area (Å²) in [6.45, 7) is 10.9. The van der Waals surface area contributed by atoms with Crippen LogP contribution in [-0.4, -0.2) is 68.9 Å². The predicted octanol–water partition coefficient (Wildman–Crippen LogP) is -0.228. The minimum absolute atomic E-state index is 0.0648. The topological polar surface area (TPSA) is 121 Å². The van der Waals surface area contributed by atoms with Crippen molar-refractivity contribution in [1.82, 2.24) is 0 Å². The molecule has 0 saturated heterocycles. The van der Waals surface area contributed by atoms with E-state index in [4.69, 9.17) is 9.29 Å². The second kappa shape index (κ2) is 11.0. The van der Waals surface area contributed by atoms with E-state index >= 15 is 0 Å². The first kappa shape index (κ1) is 24.5. The van der Waals surface area contributed by atoms with E-state index in [2.05, 4.69) is 13.2 Å². The Bertz CT molecular complexity index is 552. The molecule has 0 rings (SSSR count). The highest BCUT2D eigenvalue weighted by Crippen LogP contribution is 2.02. The molecule has 0 aliphatic rings. The number of carboxylic acids is 1. The molecule has 0 amide bonds. The van der Waals surface area contributed by atoms with Crippen molar-refractivity contribution in [1.29, 1.82) is 0 Å². The molecule has 0 saturated carbocycles. The number of carbonyl (C=O) groups excluding carboxylic acids is 2. The summed E-state index contributed by atoms with van der Waals surface area (Å²) in [5, 5.41) is 9.49. The van der Waals surface area contributed by atoms with Gasteiger partial charge < -0.3 is 19.1 Å². The predicted molar refractivity (Wildman–Crippen MR) is 88.5 cm³/mol. The molecule has 0 aromatic rings. The SMILES string of the molecule is C=C(C)C(=O)OCC[N+](C)(C)CCCS(=O)(=O)O.C=C(C)C(=O)[O-]. The number of hydrogen-bond donors (Lipinski definition) is 1. The fraction of sp³-hybridized carbons (Fsp3) is 0.600. The van der Waals surface area contributed by atoms with Crippen LogP contribution in [0.4, 0.5) is 0 Å². The van der Waals surface area contributed by atoms with Gasteiger partial charge in [0.2, 0.25) is 0 Å². The quantitative estimate of drug-likeness (QED) is 0.259. The Morgan fingerprint density at radius 2 is 1.58 bits per heavy atom. The molecule has 0 radical (unpaired) electrons. The maximum absolute atomic E-state index is 11.1. The van der Waals surface area contributed by atoms with E-state index in [0.717, 1.165) is 0 Å². The third kappa shape index (κ3) is 16.7. The number of quaternary nitrogens is 1. The molecule has 9 heteroatoms. The van der Waals surface area contributed by atoms with Gasteiger partial charge in [-0.1, -0.05) is 13.2 Å². The zero-order valence-electron chi connectivity index (χ0n) is 14.7. The third-order valence-electron chi connectivity index (χ3n) is 2.79. The average Bonchev–Trinajstić information content (AvgIpc) is 2.36. The maximum atomic E-state index is 11.1. The summed E-state index contributed by atoms with van der Waals surface area (Å²) in [5.74, 6) is -1.86. The van der Waals surface area contributed by atoms with E-state index in [0.29, 0.717) is 29.6 Å². The zero-order valence-corrected chi connectivity index (χ0v) is 15.5. The average molecular weight is 365 g/mol. The summed E-state index contributed by atoms with van der Waals surface area (Å²) < 4.78 is 35.2. The maximum Gasteiger partial charge on any atom is 0.333 e. The van der Waals surface area contributed by atoms with E-state index in [9.17, 15) is 23.1 Å². The minimum Gasteiger partial charge on any atom is -0.545 e. The molecule has 0 atom stereocenters. The van der Waals surface area contributed by atoms with Gasteiger partial charge in [-0.15, -0.1) is 0 Å². The highest BCUT2D eigenvalue weighted by molar-refractivity contribution is 7.85. The lowest BCUT2D eigenvalue weighted by molar-refractivity contribution is -0.890. The second-order valence-electron chi connectivity index (χ2n) is 6.01. The number of carboxylic acid groups (broad SMARTS) is 1. The first-order valence-corrected chi connectivity index (χ1v) is 8.75. The van der Waals surface area contributed by atoms with E-state index in [1.165, 1.54) is 6.92 Å². The molecule has 0 heterocycles. The number of nitrogens with zero attached hydrogens (tertiary/aromatic N) is 1. The molecule has 0 aromatic carbocycles. The molecule has 0 aliphatic heterocycles. The van der Waals surface area contributed by atoms with Gasteiger partial charge in [0, 0.05) is 12.0 Å². The molecule has 0 bridgehead atoms. The number of esters is 1. The molecular formula is C15H27NO7S. The number of rotatable bonds is 9. The third-order valence-corrected chi connectivity index (χ3v) is 3.60. The van der Waals surface area contributed by atoms with Crippen molar-refractivity contribution in [2.75, 3.05) is 39.5 Å². The molecule has 24 heavy (non-hydrogen) atoms. The molecule has 8 nitrogen and oxygen atoms in total. The van der Waals surface area contributed by atoms with Gasteiger partial charge in [-0.3, -0.25) is 4.55 Å². The molecule has 140 valence electrons. The van der Waals surface area contributed by atoms with Crippen molar-refractivity contribution in [3.05, 3.63) is 24.3 Å².